The van der Waals surface area contributed by atoms with Crippen molar-refractivity contribution in [2.24, 2.45) is 0 Å². The lowest BCUT2D eigenvalue weighted by Gasteiger charge is -2.22. The van der Waals surface area contributed by atoms with E-state index in [1.807, 2.05) is 0 Å². The predicted octanol–water partition coefficient (Wildman–Crippen LogP) is 1.82. The molecule has 0 aliphatic rings. The average molecular weight is 506 g/mol. The maximum Gasteiger partial charge on any atom is 0.493 e. The quantitative estimate of drug-likeness (QED) is 0.200. The molecule has 0 aromatic carbocycles. The Morgan fingerprint density at radius 1 is 0.636 bits per heavy atom. The summed E-state index contributed by atoms with van der Waals surface area (Å²) in [5.41, 5.74) is 0. The van der Waals surface area contributed by atoms with Crippen LogP contribution in [0.1, 0.15) is 25.7 Å². The molecule has 0 saturated heterocycles. The van der Waals surface area contributed by atoms with Crippen molar-refractivity contribution >= 4 is 17.8 Å². The molecule has 0 atom stereocenters. The van der Waals surface area contributed by atoms with Gasteiger partial charge in [-0.25, -0.2) is 4.79 Å². The van der Waals surface area contributed by atoms with Crippen LogP contribution in [0.5, 0.6) is 0 Å². The summed E-state index contributed by atoms with van der Waals surface area (Å²) in [5, 5.41) is 6.72. The van der Waals surface area contributed by atoms with Crippen molar-refractivity contribution in [3.63, 3.8) is 0 Å². The molecule has 0 heterocycles. The number of amides is 2. The van der Waals surface area contributed by atoms with Crippen LogP contribution in [0.15, 0.2) is 0 Å². The van der Waals surface area contributed by atoms with Crippen molar-refractivity contribution in [3.8, 4) is 0 Å². The second-order valence-electron chi connectivity index (χ2n) is 6.45. The number of unbranched alkanes of at least 4 members (excludes halogenated alkanes) is 1. The number of rotatable bonds is 13. The molecule has 0 aromatic heterocycles. The molecule has 0 aliphatic carbocycles. The maximum absolute atomic E-state index is 12.4. The molecule has 3 N–H and O–H groups in total. The summed E-state index contributed by atoms with van der Waals surface area (Å²) in [6.07, 6.45) is -14.8. The van der Waals surface area contributed by atoms with Crippen LogP contribution < -0.4 is 16.0 Å². The van der Waals surface area contributed by atoms with Crippen molar-refractivity contribution in [3.05, 3.63) is 0 Å². The molecule has 0 unspecified atom stereocenters. The Morgan fingerprint density at radius 2 is 1.12 bits per heavy atom. The highest BCUT2D eigenvalue weighted by molar-refractivity contribution is 5.83. The maximum atomic E-state index is 12.4. The van der Waals surface area contributed by atoms with Crippen LogP contribution in [-0.4, -0.2) is 80.6 Å². The fourth-order valence-electron chi connectivity index (χ4n) is 2.10. The SMILES string of the molecule is O=C(NCCCNCCCCNCCCN(OC(=O)C(F)(F)F)C(=O)C(F)(F)F)C(F)(F)F. The van der Waals surface area contributed by atoms with Gasteiger partial charge in [-0.2, -0.15) is 44.6 Å². The van der Waals surface area contributed by atoms with E-state index in [-0.39, 0.29) is 25.9 Å². The fraction of sp³-hybridized carbons (Fsp3) is 0.812. The Bertz CT molecular complexity index is 625. The van der Waals surface area contributed by atoms with Gasteiger partial charge in [-0.15, -0.1) is 0 Å². The Hall–Kier alpha value is -2.30. The van der Waals surface area contributed by atoms with Crippen molar-refractivity contribution in [2.45, 2.75) is 44.2 Å². The van der Waals surface area contributed by atoms with E-state index in [4.69, 9.17) is 0 Å². The predicted molar refractivity (Wildman–Crippen MR) is 93.2 cm³/mol. The van der Waals surface area contributed by atoms with Gasteiger partial charge in [0.15, 0.2) is 0 Å². The smallest absolute Gasteiger partial charge is 0.348 e. The van der Waals surface area contributed by atoms with Crippen LogP contribution in [0.4, 0.5) is 39.5 Å². The Balaban J connectivity index is 3.93. The first-order chi connectivity index (χ1) is 15.1. The molecule has 2 amide bonds. The first-order valence-corrected chi connectivity index (χ1v) is 9.51. The second kappa shape index (κ2) is 14.1. The van der Waals surface area contributed by atoms with Crippen LogP contribution in [0, 0.1) is 0 Å². The van der Waals surface area contributed by atoms with E-state index >= 15 is 0 Å². The van der Waals surface area contributed by atoms with Gasteiger partial charge in [-0.1, -0.05) is 0 Å². The lowest BCUT2D eigenvalue weighted by Crippen LogP contribution is -2.45. The lowest BCUT2D eigenvalue weighted by atomic mass is 10.3. The highest BCUT2D eigenvalue weighted by Crippen LogP contribution is 2.22. The molecule has 0 rings (SSSR count). The van der Waals surface area contributed by atoms with Crippen LogP contribution in [0.3, 0.4) is 0 Å². The molecule has 33 heavy (non-hydrogen) atoms. The summed E-state index contributed by atoms with van der Waals surface area (Å²) in [4.78, 5) is 35.9. The molecule has 0 aromatic rings. The van der Waals surface area contributed by atoms with Gasteiger partial charge in [0.2, 0.25) is 0 Å². The number of hydrogen-bond donors (Lipinski definition) is 3. The number of hydrogen-bond acceptors (Lipinski definition) is 6. The van der Waals surface area contributed by atoms with Gasteiger partial charge in [-0.3, -0.25) is 9.59 Å². The Labute approximate surface area is 182 Å². The molecule has 0 radical (unpaired) electrons. The summed E-state index contributed by atoms with van der Waals surface area (Å²) in [6, 6.07) is 0. The minimum atomic E-state index is -5.58. The number of nitrogens with zero attached hydrogens (tertiary/aromatic N) is 1. The third kappa shape index (κ3) is 14.5. The normalized spacial score (nSPS) is 12.4. The van der Waals surface area contributed by atoms with Crippen LogP contribution in [-0.2, 0) is 19.2 Å². The molecule has 0 bridgehead atoms. The summed E-state index contributed by atoms with van der Waals surface area (Å²) >= 11 is 0. The Kier molecular flexibility index (Phi) is 13.1. The topological polar surface area (TPSA) is 99.8 Å². The zero-order valence-electron chi connectivity index (χ0n) is 17.1. The summed E-state index contributed by atoms with van der Waals surface area (Å²) < 4.78 is 110. The van der Waals surface area contributed by atoms with Gasteiger partial charge >= 0.3 is 36.3 Å². The molecule has 17 heteroatoms. The van der Waals surface area contributed by atoms with Gasteiger partial charge in [0, 0.05) is 6.54 Å². The largest absolute Gasteiger partial charge is 0.493 e. The van der Waals surface area contributed by atoms with E-state index in [2.05, 4.69) is 15.5 Å². The number of alkyl halides is 9. The van der Waals surface area contributed by atoms with Gasteiger partial charge in [0.1, 0.15) is 0 Å². The average Bonchev–Trinajstić information content (AvgIpc) is 2.67. The molecule has 0 spiro atoms. The van der Waals surface area contributed by atoms with Crippen LogP contribution >= 0.6 is 0 Å². The highest BCUT2D eigenvalue weighted by Gasteiger charge is 2.48. The molecule has 0 aliphatic heterocycles. The summed E-state index contributed by atoms with van der Waals surface area (Å²) in [5.74, 6) is -7.72. The van der Waals surface area contributed by atoms with E-state index in [9.17, 15) is 53.9 Å². The molecular weight excluding hydrogens is 483 g/mol. The number of hydroxylamine groups is 2. The fourth-order valence-corrected chi connectivity index (χ4v) is 2.10. The number of nitrogens with one attached hydrogen (secondary N) is 3. The zero-order chi connectivity index (χ0) is 25.7. The van der Waals surface area contributed by atoms with Crippen LogP contribution in [0.25, 0.3) is 0 Å². The number of halogens is 9. The Morgan fingerprint density at radius 3 is 1.58 bits per heavy atom. The van der Waals surface area contributed by atoms with Crippen molar-refractivity contribution in [1.29, 1.82) is 0 Å². The van der Waals surface area contributed by atoms with Gasteiger partial charge in [-0.05, 0) is 51.9 Å². The van der Waals surface area contributed by atoms with Gasteiger partial charge < -0.3 is 20.8 Å². The van der Waals surface area contributed by atoms with E-state index < -0.39 is 47.9 Å². The molecule has 0 saturated carbocycles. The minimum Gasteiger partial charge on any atom is -0.348 e. The molecule has 0 fully saturated rings. The molecule has 8 nitrogen and oxygen atoms in total. The van der Waals surface area contributed by atoms with Crippen molar-refractivity contribution in [1.82, 2.24) is 21.0 Å². The van der Waals surface area contributed by atoms with E-state index in [1.54, 1.807) is 5.32 Å². The summed E-state index contributed by atoms with van der Waals surface area (Å²) in [6.45, 7) is 0.163. The molecular formula is C16H23F9N4O4. The van der Waals surface area contributed by atoms with Gasteiger partial charge in [0.05, 0.1) is 6.54 Å². The minimum absolute atomic E-state index is 0.0114. The first-order valence-electron chi connectivity index (χ1n) is 9.51. The highest BCUT2D eigenvalue weighted by atomic mass is 19.4. The third-order valence-corrected chi connectivity index (χ3v) is 3.64. The van der Waals surface area contributed by atoms with E-state index in [0.29, 0.717) is 32.5 Å². The number of carbonyl (C=O) groups is 3. The first kappa shape index (κ1) is 30.7. The van der Waals surface area contributed by atoms with Gasteiger partial charge in [0.25, 0.3) is 0 Å². The molecule has 194 valence electrons. The van der Waals surface area contributed by atoms with E-state index in [0.717, 1.165) is 0 Å². The van der Waals surface area contributed by atoms with Crippen molar-refractivity contribution < 1.29 is 58.7 Å². The standard InChI is InChI=1S/C16H23F9N4O4/c17-14(18,19)11(30)28-9-3-7-26-5-1-2-6-27-8-4-10-29(12(31)15(20,21)22)33-13(32)16(23,24)25/h26-27H,1-10H2,(H,28,30). The third-order valence-electron chi connectivity index (χ3n) is 3.64. The van der Waals surface area contributed by atoms with E-state index in [1.165, 1.54) is 0 Å². The van der Waals surface area contributed by atoms with Crippen LogP contribution in [0.2, 0.25) is 0 Å². The summed E-state index contributed by atoms with van der Waals surface area (Å²) in [7, 11) is 0. The second-order valence-corrected chi connectivity index (χ2v) is 6.45. The van der Waals surface area contributed by atoms with Crippen molar-refractivity contribution in [2.75, 3.05) is 39.3 Å². The monoisotopic (exact) mass is 506 g/mol. The lowest BCUT2D eigenvalue weighted by molar-refractivity contribution is -0.251. The number of carbonyl (C=O) groups excluding carboxylic acids is 3. The zero-order valence-corrected chi connectivity index (χ0v) is 17.1.